The van der Waals surface area contributed by atoms with Gasteiger partial charge in [0, 0.05) is 12.5 Å². The Hall–Kier alpha value is -2.06. The molecule has 1 N–H and O–H groups in total. The standard InChI is InChI=1S/C25H43N3O13S/c1-42(31,32)24-26-20-22-21-41-25(30)28(23(22)27-24)2-4-33-6-8-35-10-12-37-14-16-39-18-19-40-17-15-38-13-11-36-9-7-34-5-3-29/h20,29H,2-19,21H2,1H3. The molecule has 1 amide bonds. The molecule has 0 unspecified atom stereocenters. The number of carbonyl (C=O) groups excluding carboxylic acids is 1. The van der Waals surface area contributed by atoms with Gasteiger partial charge in [-0.1, -0.05) is 0 Å². The Morgan fingerprint density at radius 3 is 1.55 bits per heavy atom. The number of nitrogens with zero attached hydrogens (tertiary/aromatic N) is 3. The van der Waals surface area contributed by atoms with Crippen LogP contribution in [0.25, 0.3) is 0 Å². The maximum absolute atomic E-state index is 12.2. The molecule has 0 saturated heterocycles. The number of hydrogen-bond donors (Lipinski definition) is 1. The third kappa shape index (κ3) is 16.0. The molecule has 0 aliphatic carbocycles. The molecule has 1 aromatic rings. The summed E-state index contributed by atoms with van der Waals surface area (Å²) in [7, 11) is -3.62. The summed E-state index contributed by atoms with van der Waals surface area (Å²) >= 11 is 0. The van der Waals surface area contributed by atoms with Crippen LogP contribution in [0.3, 0.4) is 0 Å². The topological polar surface area (TPSA) is 184 Å². The summed E-state index contributed by atoms with van der Waals surface area (Å²) in [5.74, 6) is 0.205. The molecule has 16 nitrogen and oxygen atoms in total. The second-order valence-corrected chi connectivity index (χ2v) is 10.5. The fraction of sp³-hybridized carbons (Fsp3) is 0.800. The molecule has 0 spiro atoms. The van der Waals surface area contributed by atoms with Crippen molar-refractivity contribution in [3.05, 3.63) is 11.8 Å². The van der Waals surface area contributed by atoms with Gasteiger partial charge in [-0.2, -0.15) is 4.98 Å². The molecule has 0 radical (unpaired) electrons. The fourth-order valence-electron chi connectivity index (χ4n) is 3.26. The van der Waals surface area contributed by atoms with Gasteiger partial charge in [0.1, 0.15) is 12.4 Å². The van der Waals surface area contributed by atoms with Gasteiger partial charge in [-0.15, -0.1) is 0 Å². The molecule has 242 valence electrons. The lowest BCUT2D eigenvalue weighted by molar-refractivity contribution is -0.0237. The lowest BCUT2D eigenvalue weighted by atomic mass is 10.3. The predicted molar refractivity (Wildman–Crippen MR) is 146 cm³/mol. The highest BCUT2D eigenvalue weighted by atomic mass is 32.2. The van der Waals surface area contributed by atoms with Gasteiger partial charge in [-0.05, 0) is 0 Å². The Bertz CT molecular complexity index is 971. The van der Waals surface area contributed by atoms with E-state index in [0.29, 0.717) is 105 Å². The van der Waals surface area contributed by atoms with Crippen LogP contribution in [-0.2, 0) is 59.1 Å². The van der Waals surface area contributed by atoms with Gasteiger partial charge >= 0.3 is 6.09 Å². The zero-order chi connectivity index (χ0) is 30.3. The van der Waals surface area contributed by atoms with Crippen LogP contribution in [0.2, 0.25) is 0 Å². The number of carbonyl (C=O) groups is 1. The van der Waals surface area contributed by atoms with Crippen molar-refractivity contribution in [2.45, 2.75) is 11.8 Å². The third-order valence-electron chi connectivity index (χ3n) is 5.28. The molecule has 0 atom stereocenters. The Kier molecular flexibility index (Phi) is 19.3. The summed E-state index contributed by atoms with van der Waals surface area (Å²) < 4.78 is 71.6. The van der Waals surface area contributed by atoms with Crippen LogP contribution in [-0.4, -0.2) is 155 Å². The third-order valence-corrected chi connectivity index (χ3v) is 6.14. The minimum atomic E-state index is -3.62. The minimum absolute atomic E-state index is 0.0106. The van der Waals surface area contributed by atoms with Crippen LogP contribution in [0.1, 0.15) is 5.56 Å². The second-order valence-electron chi connectivity index (χ2n) is 8.60. The number of anilines is 1. The number of sulfone groups is 1. The van der Waals surface area contributed by atoms with Crippen molar-refractivity contribution in [3.8, 4) is 0 Å². The maximum Gasteiger partial charge on any atom is 0.415 e. The van der Waals surface area contributed by atoms with Crippen molar-refractivity contribution < 1.29 is 61.0 Å². The van der Waals surface area contributed by atoms with Crippen LogP contribution in [0.15, 0.2) is 11.4 Å². The normalized spacial score (nSPS) is 13.4. The van der Waals surface area contributed by atoms with Gasteiger partial charge in [-0.3, -0.25) is 4.90 Å². The van der Waals surface area contributed by atoms with Crippen LogP contribution >= 0.6 is 0 Å². The molecule has 0 fully saturated rings. The summed E-state index contributed by atoms with van der Waals surface area (Å²) in [5, 5.41) is 8.21. The Labute approximate surface area is 246 Å². The quantitative estimate of drug-likeness (QED) is 0.0971. The summed E-state index contributed by atoms with van der Waals surface area (Å²) in [6.45, 7) is 6.71. The number of aliphatic hydroxyl groups is 1. The maximum atomic E-state index is 12.2. The largest absolute Gasteiger partial charge is 0.444 e. The number of ether oxygens (including phenoxy) is 9. The van der Waals surface area contributed by atoms with E-state index in [1.54, 1.807) is 0 Å². The highest BCUT2D eigenvalue weighted by Gasteiger charge is 2.29. The van der Waals surface area contributed by atoms with Gasteiger partial charge in [-0.25, -0.2) is 18.2 Å². The predicted octanol–water partition coefficient (Wildman–Crippen LogP) is -0.538. The summed E-state index contributed by atoms with van der Waals surface area (Å²) in [4.78, 5) is 21.2. The summed E-state index contributed by atoms with van der Waals surface area (Å²) in [5.41, 5.74) is 0.516. The average molecular weight is 626 g/mol. The number of hydrogen-bond acceptors (Lipinski definition) is 15. The molecule has 42 heavy (non-hydrogen) atoms. The molecule has 17 heteroatoms. The van der Waals surface area contributed by atoms with Gasteiger partial charge in [0.05, 0.1) is 124 Å². The van der Waals surface area contributed by atoms with E-state index in [1.807, 2.05) is 0 Å². The zero-order valence-electron chi connectivity index (χ0n) is 24.1. The van der Waals surface area contributed by atoms with Crippen molar-refractivity contribution in [3.63, 3.8) is 0 Å². The fourth-order valence-corrected chi connectivity index (χ4v) is 3.76. The van der Waals surface area contributed by atoms with E-state index in [0.717, 1.165) is 6.26 Å². The molecule has 0 saturated carbocycles. The molecular weight excluding hydrogens is 582 g/mol. The van der Waals surface area contributed by atoms with Crippen LogP contribution in [0.4, 0.5) is 10.6 Å². The molecular formula is C25H43N3O13S. The summed E-state index contributed by atoms with van der Waals surface area (Å²) in [6, 6.07) is 0. The first-order valence-electron chi connectivity index (χ1n) is 13.7. The first-order chi connectivity index (χ1) is 20.4. The SMILES string of the molecule is CS(=O)(=O)c1ncc2c(n1)N(CCOCCOCCOCCOCCOCCOCCOCCOCCO)C(=O)OC2. The first-order valence-corrected chi connectivity index (χ1v) is 15.6. The van der Waals surface area contributed by atoms with Crippen molar-refractivity contribution in [1.82, 2.24) is 9.97 Å². The van der Waals surface area contributed by atoms with Crippen molar-refractivity contribution >= 4 is 21.7 Å². The van der Waals surface area contributed by atoms with Gasteiger partial charge in [0.15, 0.2) is 0 Å². The van der Waals surface area contributed by atoms with E-state index in [-0.39, 0.29) is 37.3 Å². The molecule has 0 bridgehead atoms. The number of cyclic esters (lactones) is 1. The van der Waals surface area contributed by atoms with Crippen LogP contribution in [0.5, 0.6) is 0 Å². The lowest BCUT2D eigenvalue weighted by Crippen LogP contribution is -2.39. The number of aromatic nitrogens is 2. The highest BCUT2D eigenvalue weighted by Crippen LogP contribution is 2.25. The van der Waals surface area contributed by atoms with Crippen LogP contribution < -0.4 is 4.90 Å². The molecule has 2 heterocycles. The first kappa shape index (κ1) is 36.1. The number of rotatable bonds is 27. The molecule has 1 aromatic heterocycles. The molecule has 0 aromatic carbocycles. The van der Waals surface area contributed by atoms with E-state index in [2.05, 4.69) is 9.97 Å². The highest BCUT2D eigenvalue weighted by molar-refractivity contribution is 7.90. The Balaban J connectivity index is 1.34. The monoisotopic (exact) mass is 625 g/mol. The van der Waals surface area contributed by atoms with Gasteiger partial charge in [0.2, 0.25) is 15.0 Å². The molecule has 1 aliphatic heterocycles. The smallest absolute Gasteiger partial charge is 0.415 e. The number of amides is 1. The summed E-state index contributed by atoms with van der Waals surface area (Å²) in [6.07, 6.45) is 1.71. The molecule has 1 aliphatic rings. The van der Waals surface area contributed by atoms with Crippen molar-refractivity contribution in [2.75, 3.05) is 130 Å². The second kappa shape index (κ2) is 22.5. The van der Waals surface area contributed by atoms with Gasteiger partial charge < -0.3 is 47.7 Å². The van der Waals surface area contributed by atoms with E-state index < -0.39 is 15.9 Å². The van der Waals surface area contributed by atoms with Crippen molar-refractivity contribution in [1.29, 1.82) is 0 Å². The Morgan fingerprint density at radius 2 is 1.14 bits per heavy atom. The number of fused-ring (bicyclic) bond motifs is 1. The number of aliphatic hydroxyl groups excluding tert-OH is 1. The van der Waals surface area contributed by atoms with E-state index in [1.165, 1.54) is 11.1 Å². The lowest BCUT2D eigenvalue weighted by Gasteiger charge is -2.27. The van der Waals surface area contributed by atoms with E-state index in [4.69, 9.17) is 47.7 Å². The van der Waals surface area contributed by atoms with Gasteiger partial charge in [0.25, 0.3) is 0 Å². The van der Waals surface area contributed by atoms with E-state index in [9.17, 15) is 13.2 Å². The van der Waals surface area contributed by atoms with E-state index >= 15 is 0 Å². The van der Waals surface area contributed by atoms with Crippen molar-refractivity contribution in [2.24, 2.45) is 0 Å². The molecule has 2 rings (SSSR count). The van der Waals surface area contributed by atoms with Crippen LogP contribution in [0, 0.1) is 0 Å². The minimum Gasteiger partial charge on any atom is -0.444 e. The Morgan fingerprint density at radius 1 is 0.738 bits per heavy atom. The zero-order valence-corrected chi connectivity index (χ0v) is 24.9. The average Bonchev–Trinajstić information content (AvgIpc) is 2.97.